The summed E-state index contributed by atoms with van der Waals surface area (Å²) in [6.07, 6.45) is 1.83. The number of aryl methyl sites for hydroxylation is 1. The van der Waals surface area contributed by atoms with Gasteiger partial charge in [-0.2, -0.15) is 0 Å². The first-order valence-electron chi connectivity index (χ1n) is 7.35. The fourth-order valence-electron chi connectivity index (χ4n) is 2.88. The van der Waals surface area contributed by atoms with E-state index in [-0.39, 0.29) is 23.3 Å². The Morgan fingerprint density at radius 3 is 2.75 bits per heavy atom. The summed E-state index contributed by atoms with van der Waals surface area (Å²) >= 11 is 0. The Bertz CT molecular complexity index is 503. The van der Waals surface area contributed by atoms with Crippen molar-refractivity contribution in [1.82, 2.24) is 5.32 Å². The number of rotatable bonds is 3. The van der Waals surface area contributed by atoms with Crippen molar-refractivity contribution in [3.63, 3.8) is 0 Å². The van der Waals surface area contributed by atoms with E-state index in [0.29, 0.717) is 0 Å². The van der Waals surface area contributed by atoms with Crippen LogP contribution in [0.4, 0.5) is 0 Å². The Labute approximate surface area is 121 Å². The largest absolute Gasteiger partial charge is 0.466 e. The van der Waals surface area contributed by atoms with E-state index < -0.39 is 6.04 Å². The Balaban J connectivity index is 2.21. The van der Waals surface area contributed by atoms with Crippen LogP contribution in [-0.4, -0.2) is 11.9 Å². The van der Waals surface area contributed by atoms with Gasteiger partial charge in [0, 0.05) is 12.0 Å². The first-order chi connectivity index (χ1) is 9.19. The van der Waals surface area contributed by atoms with Crippen molar-refractivity contribution in [3.05, 3.63) is 23.2 Å². The maximum absolute atomic E-state index is 12.2. The van der Waals surface area contributed by atoms with Gasteiger partial charge in [-0.15, -0.1) is 0 Å². The first kappa shape index (κ1) is 15.1. The van der Waals surface area contributed by atoms with Gasteiger partial charge in [-0.3, -0.25) is 4.79 Å². The minimum Gasteiger partial charge on any atom is -0.466 e. The number of nitrogens with one attached hydrogen (secondary N) is 1. The maximum atomic E-state index is 12.2. The molecule has 4 nitrogen and oxygen atoms in total. The van der Waals surface area contributed by atoms with Gasteiger partial charge in [-0.25, -0.2) is 0 Å². The van der Waals surface area contributed by atoms with Gasteiger partial charge in [0.05, 0.1) is 12.1 Å². The zero-order chi connectivity index (χ0) is 15.1. The number of hydrogen-bond acceptors (Lipinski definition) is 3. The van der Waals surface area contributed by atoms with Crippen LogP contribution in [0.3, 0.4) is 0 Å². The molecule has 0 radical (unpaired) electrons. The lowest BCUT2D eigenvalue weighted by Gasteiger charge is -2.35. The minimum atomic E-state index is -0.462. The summed E-state index contributed by atoms with van der Waals surface area (Å²) in [7, 11) is 0. The summed E-state index contributed by atoms with van der Waals surface area (Å²) in [5, 5.41) is 3.10. The normalized spacial score (nSPS) is 22.4. The lowest BCUT2D eigenvalue weighted by molar-refractivity contribution is -0.124. The maximum Gasteiger partial charge on any atom is 0.237 e. The number of nitrogens with two attached hydrogens (primary N) is 1. The average molecular weight is 278 g/mol. The standard InChI is InChI=1S/C16H26N2O2/c1-9(2)14(17)15(19)18-12-7-16(4,5)8-13-11(12)6-10(3)20-13/h6,9,12,14H,7-8,17H2,1-5H3,(H,18,19). The molecule has 2 atom stereocenters. The van der Waals surface area contributed by atoms with Crippen LogP contribution in [0.5, 0.6) is 0 Å². The molecule has 1 aliphatic carbocycles. The smallest absolute Gasteiger partial charge is 0.237 e. The summed E-state index contributed by atoms with van der Waals surface area (Å²) in [5.74, 6) is 1.96. The van der Waals surface area contributed by atoms with Crippen LogP contribution < -0.4 is 11.1 Å². The highest BCUT2D eigenvalue weighted by molar-refractivity contribution is 5.82. The van der Waals surface area contributed by atoms with Crippen molar-refractivity contribution < 1.29 is 9.21 Å². The van der Waals surface area contributed by atoms with Gasteiger partial charge < -0.3 is 15.5 Å². The van der Waals surface area contributed by atoms with Crippen LogP contribution in [0.15, 0.2) is 10.5 Å². The molecule has 112 valence electrons. The number of carbonyl (C=O) groups excluding carboxylic acids is 1. The predicted molar refractivity (Wildman–Crippen MR) is 79.2 cm³/mol. The summed E-state index contributed by atoms with van der Waals surface area (Å²) in [6.45, 7) is 10.3. The third-order valence-corrected chi connectivity index (χ3v) is 4.07. The second-order valence-electron chi connectivity index (χ2n) is 7.11. The van der Waals surface area contributed by atoms with Gasteiger partial charge in [-0.1, -0.05) is 27.7 Å². The molecule has 0 aromatic carbocycles. The van der Waals surface area contributed by atoms with Gasteiger partial charge in [0.25, 0.3) is 0 Å². The number of carbonyl (C=O) groups is 1. The Morgan fingerprint density at radius 1 is 1.50 bits per heavy atom. The highest BCUT2D eigenvalue weighted by atomic mass is 16.3. The molecule has 0 aliphatic heterocycles. The molecule has 4 heteroatoms. The molecule has 1 amide bonds. The van der Waals surface area contributed by atoms with Crippen molar-refractivity contribution in [2.24, 2.45) is 17.1 Å². The van der Waals surface area contributed by atoms with Crippen LogP contribution in [0.1, 0.15) is 57.2 Å². The van der Waals surface area contributed by atoms with E-state index in [4.69, 9.17) is 10.2 Å². The summed E-state index contributed by atoms with van der Waals surface area (Å²) in [4.78, 5) is 12.2. The summed E-state index contributed by atoms with van der Waals surface area (Å²) in [5.41, 5.74) is 7.17. The molecule has 1 aromatic rings. The van der Waals surface area contributed by atoms with Gasteiger partial charge in [0.15, 0.2) is 0 Å². The van der Waals surface area contributed by atoms with E-state index >= 15 is 0 Å². The molecule has 0 spiro atoms. The Kier molecular flexibility index (Phi) is 3.96. The predicted octanol–water partition coefficient (Wildman–Crippen LogP) is 2.70. The van der Waals surface area contributed by atoms with Crippen molar-refractivity contribution in [3.8, 4) is 0 Å². The molecule has 0 saturated carbocycles. The van der Waals surface area contributed by atoms with Crippen molar-refractivity contribution >= 4 is 5.91 Å². The van der Waals surface area contributed by atoms with Crippen molar-refractivity contribution in [1.29, 1.82) is 0 Å². The monoisotopic (exact) mass is 278 g/mol. The molecule has 1 heterocycles. The topological polar surface area (TPSA) is 68.3 Å². The van der Waals surface area contributed by atoms with Gasteiger partial charge in [0.1, 0.15) is 11.5 Å². The number of fused-ring (bicyclic) bond motifs is 1. The van der Waals surface area contributed by atoms with E-state index in [2.05, 4.69) is 19.2 Å². The lowest BCUT2D eigenvalue weighted by atomic mass is 9.74. The number of furan rings is 1. The van der Waals surface area contributed by atoms with Crippen molar-refractivity contribution in [2.75, 3.05) is 0 Å². The SMILES string of the molecule is Cc1cc2c(o1)CC(C)(C)CC2NC(=O)C(N)C(C)C. The van der Waals surface area contributed by atoms with Crippen molar-refractivity contribution in [2.45, 2.75) is 59.5 Å². The molecule has 20 heavy (non-hydrogen) atoms. The molecular formula is C16H26N2O2. The molecule has 0 fully saturated rings. The zero-order valence-electron chi connectivity index (χ0n) is 13.1. The van der Waals surface area contributed by atoms with Crippen LogP contribution in [0.25, 0.3) is 0 Å². The van der Waals surface area contributed by atoms with E-state index in [1.807, 2.05) is 26.8 Å². The molecule has 0 saturated heterocycles. The minimum absolute atomic E-state index is 0.00324. The van der Waals surface area contributed by atoms with Crippen LogP contribution in [-0.2, 0) is 11.2 Å². The Morgan fingerprint density at radius 2 is 2.15 bits per heavy atom. The molecule has 1 aromatic heterocycles. The molecule has 2 rings (SSSR count). The zero-order valence-corrected chi connectivity index (χ0v) is 13.1. The van der Waals surface area contributed by atoms with Crippen LogP contribution in [0, 0.1) is 18.3 Å². The Hall–Kier alpha value is -1.29. The first-order valence-corrected chi connectivity index (χ1v) is 7.35. The fourth-order valence-corrected chi connectivity index (χ4v) is 2.88. The van der Waals surface area contributed by atoms with Gasteiger partial charge in [0.2, 0.25) is 5.91 Å². The lowest BCUT2D eigenvalue weighted by Crippen LogP contribution is -2.46. The van der Waals surface area contributed by atoms with Gasteiger partial charge in [-0.05, 0) is 30.7 Å². The van der Waals surface area contributed by atoms with Gasteiger partial charge >= 0.3 is 0 Å². The highest BCUT2D eigenvalue weighted by Gasteiger charge is 2.36. The second kappa shape index (κ2) is 5.24. The summed E-state index contributed by atoms with van der Waals surface area (Å²) < 4.78 is 5.78. The molecule has 0 bridgehead atoms. The summed E-state index contributed by atoms with van der Waals surface area (Å²) in [6, 6.07) is 1.58. The van der Waals surface area contributed by atoms with Crippen LogP contribution in [0.2, 0.25) is 0 Å². The van der Waals surface area contributed by atoms with E-state index in [1.54, 1.807) is 0 Å². The highest BCUT2D eigenvalue weighted by Crippen LogP contribution is 2.42. The van der Waals surface area contributed by atoms with E-state index in [9.17, 15) is 4.79 Å². The quantitative estimate of drug-likeness (QED) is 0.893. The molecular weight excluding hydrogens is 252 g/mol. The molecule has 1 aliphatic rings. The van der Waals surface area contributed by atoms with E-state index in [0.717, 1.165) is 29.9 Å². The number of hydrogen-bond donors (Lipinski definition) is 2. The second-order valence-corrected chi connectivity index (χ2v) is 7.11. The third-order valence-electron chi connectivity index (χ3n) is 4.07. The van der Waals surface area contributed by atoms with Crippen LogP contribution >= 0.6 is 0 Å². The average Bonchev–Trinajstić information content (AvgIpc) is 2.66. The third kappa shape index (κ3) is 3.06. The molecule has 2 unspecified atom stereocenters. The fraction of sp³-hybridized carbons (Fsp3) is 0.688. The van der Waals surface area contributed by atoms with E-state index in [1.165, 1.54) is 0 Å². The molecule has 3 N–H and O–H groups in total. The number of amides is 1.